The second kappa shape index (κ2) is 12.4. The standard InChI is InChI=1S/C48H34N4S/c1-29-17-21-36(30(2)25-29)35-18-22-38-37-13-7-9-15-42(37)52(44(38)28-35)43-23-19-33(34-20-24-46-40(26-34)39-14-8-10-16-45(39)53-46)27-41(43)48-50-31(3)49-47(51-48)32-11-5-4-6-12-32/h4-28H,1-3H3. The van der Waals surface area contributed by atoms with Gasteiger partial charge in [-0.3, -0.25) is 0 Å². The van der Waals surface area contributed by atoms with Gasteiger partial charge in [0.25, 0.3) is 0 Å². The molecule has 7 aromatic carbocycles. The third kappa shape index (κ3) is 5.32. The number of thiophene rings is 1. The minimum Gasteiger partial charge on any atom is -0.308 e. The first-order valence-corrected chi connectivity index (χ1v) is 18.8. The Kier molecular flexibility index (Phi) is 7.31. The summed E-state index contributed by atoms with van der Waals surface area (Å²) in [4.78, 5) is 15.0. The maximum atomic E-state index is 5.17. The van der Waals surface area contributed by atoms with E-state index in [1.54, 1.807) is 0 Å². The van der Waals surface area contributed by atoms with Gasteiger partial charge in [-0.05, 0) is 91.1 Å². The molecule has 0 atom stereocenters. The van der Waals surface area contributed by atoms with Crippen molar-refractivity contribution in [3.05, 3.63) is 169 Å². The molecule has 0 radical (unpaired) electrons. The lowest BCUT2D eigenvalue weighted by Gasteiger charge is -2.16. The number of para-hydroxylation sites is 1. The van der Waals surface area contributed by atoms with Crippen LogP contribution < -0.4 is 0 Å². The summed E-state index contributed by atoms with van der Waals surface area (Å²) in [6.45, 7) is 6.30. The van der Waals surface area contributed by atoms with Gasteiger partial charge in [0.2, 0.25) is 0 Å². The van der Waals surface area contributed by atoms with E-state index in [4.69, 9.17) is 15.0 Å². The van der Waals surface area contributed by atoms with E-state index in [0.717, 1.165) is 39.0 Å². The predicted octanol–water partition coefficient (Wildman–Crippen LogP) is 12.9. The zero-order valence-electron chi connectivity index (χ0n) is 29.6. The van der Waals surface area contributed by atoms with Gasteiger partial charge in [0, 0.05) is 42.1 Å². The van der Waals surface area contributed by atoms with Crippen molar-refractivity contribution < 1.29 is 0 Å². The summed E-state index contributed by atoms with van der Waals surface area (Å²) in [7, 11) is 0. The molecule has 3 aromatic heterocycles. The largest absolute Gasteiger partial charge is 0.308 e. The van der Waals surface area contributed by atoms with E-state index in [-0.39, 0.29) is 0 Å². The van der Waals surface area contributed by atoms with E-state index in [1.807, 2.05) is 36.5 Å². The molecule has 0 N–H and O–H groups in total. The molecule has 0 fully saturated rings. The zero-order chi connectivity index (χ0) is 35.6. The third-order valence-corrected chi connectivity index (χ3v) is 11.5. The SMILES string of the molecule is Cc1ccc(-c2ccc3c4ccccc4n(-c4ccc(-c5ccc6sc7ccccc7c6c5)cc4-c4nc(C)nc(-c5ccccc5)n4)c3c2)c(C)c1. The Morgan fingerprint density at radius 3 is 2.00 bits per heavy atom. The highest BCUT2D eigenvalue weighted by Gasteiger charge is 2.20. The molecular weight excluding hydrogens is 665 g/mol. The highest BCUT2D eigenvalue weighted by Crippen LogP contribution is 2.41. The summed E-state index contributed by atoms with van der Waals surface area (Å²) in [6, 6.07) is 54.7. The van der Waals surface area contributed by atoms with Crippen LogP contribution in [0.5, 0.6) is 0 Å². The molecule has 5 heteroatoms. The molecule has 0 saturated carbocycles. The fraction of sp³-hybridized carbons (Fsp3) is 0.0625. The summed E-state index contributed by atoms with van der Waals surface area (Å²) in [5, 5.41) is 4.97. The number of aryl methyl sites for hydroxylation is 3. The first kappa shape index (κ1) is 31.3. The number of aromatic nitrogens is 4. The van der Waals surface area contributed by atoms with Crippen LogP contribution >= 0.6 is 11.3 Å². The summed E-state index contributed by atoms with van der Waals surface area (Å²) in [6.07, 6.45) is 0. The van der Waals surface area contributed by atoms with Gasteiger partial charge >= 0.3 is 0 Å². The van der Waals surface area contributed by atoms with Crippen LogP contribution in [-0.2, 0) is 0 Å². The van der Waals surface area contributed by atoms with Gasteiger partial charge in [0.15, 0.2) is 11.6 Å². The van der Waals surface area contributed by atoms with E-state index in [2.05, 4.69) is 152 Å². The van der Waals surface area contributed by atoms with Crippen molar-refractivity contribution in [2.24, 2.45) is 0 Å². The molecule has 3 heterocycles. The van der Waals surface area contributed by atoms with Crippen LogP contribution in [0.1, 0.15) is 17.0 Å². The molecule has 0 aliphatic rings. The first-order chi connectivity index (χ1) is 26.0. The predicted molar refractivity (Wildman–Crippen MR) is 223 cm³/mol. The first-order valence-electron chi connectivity index (χ1n) is 17.9. The van der Waals surface area contributed by atoms with E-state index < -0.39 is 0 Å². The summed E-state index contributed by atoms with van der Waals surface area (Å²) >= 11 is 1.84. The van der Waals surface area contributed by atoms with Crippen molar-refractivity contribution >= 4 is 53.3 Å². The van der Waals surface area contributed by atoms with Gasteiger partial charge < -0.3 is 4.57 Å². The lowest BCUT2D eigenvalue weighted by molar-refractivity contribution is 0.988. The average Bonchev–Trinajstić information content (AvgIpc) is 3.73. The maximum absolute atomic E-state index is 5.17. The molecule has 10 aromatic rings. The third-order valence-electron chi connectivity index (χ3n) is 10.3. The van der Waals surface area contributed by atoms with Crippen LogP contribution in [0.25, 0.3) is 92.7 Å². The Morgan fingerprint density at radius 1 is 0.434 bits per heavy atom. The second-order valence-corrected chi connectivity index (χ2v) is 14.9. The molecular formula is C48H34N4S. The van der Waals surface area contributed by atoms with Crippen molar-refractivity contribution in [3.63, 3.8) is 0 Å². The van der Waals surface area contributed by atoms with E-state index in [1.165, 1.54) is 53.2 Å². The van der Waals surface area contributed by atoms with E-state index in [9.17, 15) is 0 Å². The summed E-state index contributed by atoms with van der Waals surface area (Å²) in [5.74, 6) is 1.98. The summed E-state index contributed by atoms with van der Waals surface area (Å²) in [5.41, 5.74) is 12.4. The monoisotopic (exact) mass is 698 g/mol. The molecule has 0 bridgehead atoms. The molecule has 0 saturated heterocycles. The molecule has 53 heavy (non-hydrogen) atoms. The fourth-order valence-electron chi connectivity index (χ4n) is 7.85. The van der Waals surface area contributed by atoms with Crippen molar-refractivity contribution in [2.45, 2.75) is 20.8 Å². The highest BCUT2D eigenvalue weighted by atomic mass is 32.1. The Bertz CT molecular complexity index is 3040. The number of fused-ring (bicyclic) bond motifs is 6. The van der Waals surface area contributed by atoms with Crippen molar-refractivity contribution in [3.8, 4) is 50.7 Å². The molecule has 0 aliphatic heterocycles. The van der Waals surface area contributed by atoms with E-state index >= 15 is 0 Å². The lowest BCUT2D eigenvalue weighted by Crippen LogP contribution is -2.04. The molecule has 4 nitrogen and oxygen atoms in total. The van der Waals surface area contributed by atoms with Crippen LogP contribution in [0.4, 0.5) is 0 Å². The Hall–Kier alpha value is -6.43. The van der Waals surface area contributed by atoms with Gasteiger partial charge in [0.05, 0.1) is 16.7 Å². The van der Waals surface area contributed by atoms with E-state index in [0.29, 0.717) is 17.5 Å². The number of benzene rings is 7. The van der Waals surface area contributed by atoms with Gasteiger partial charge in [-0.1, -0.05) is 115 Å². The van der Waals surface area contributed by atoms with Crippen LogP contribution in [0.3, 0.4) is 0 Å². The molecule has 0 unspecified atom stereocenters. The lowest BCUT2D eigenvalue weighted by atomic mass is 9.97. The molecule has 0 spiro atoms. The Labute approximate surface area is 311 Å². The highest BCUT2D eigenvalue weighted by molar-refractivity contribution is 7.25. The van der Waals surface area contributed by atoms with Gasteiger partial charge in [0.1, 0.15) is 5.82 Å². The van der Waals surface area contributed by atoms with Gasteiger partial charge in [-0.2, -0.15) is 0 Å². The van der Waals surface area contributed by atoms with Crippen molar-refractivity contribution in [2.75, 3.05) is 0 Å². The van der Waals surface area contributed by atoms with Crippen LogP contribution in [-0.4, -0.2) is 19.5 Å². The van der Waals surface area contributed by atoms with Crippen LogP contribution in [0.2, 0.25) is 0 Å². The maximum Gasteiger partial charge on any atom is 0.165 e. The molecule has 0 aliphatic carbocycles. The van der Waals surface area contributed by atoms with Crippen LogP contribution in [0.15, 0.2) is 152 Å². The normalized spacial score (nSPS) is 11.7. The smallest absolute Gasteiger partial charge is 0.165 e. The number of hydrogen-bond donors (Lipinski definition) is 0. The fourth-order valence-corrected chi connectivity index (χ4v) is 8.94. The van der Waals surface area contributed by atoms with Gasteiger partial charge in [-0.15, -0.1) is 11.3 Å². The zero-order valence-corrected chi connectivity index (χ0v) is 30.4. The number of hydrogen-bond acceptors (Lipinski definition) is 4. The topological polar surface area (TPSA) is 43.6 Å². The summed E-state index contributed by atoms with van der Waals surface area (Å²) < 4.78 is 4.99. The second-order valence-electron chi connectivity index (χ2n) is 13.8. The van der Waals surface area contributed by atoms with Crippen molar-refractivity contribution in [1.29, 1.82) is 0 Å². The van der Waals surface area contributed by atoms with Crippen LogP contribution in [0, 0.1) is 20.8 Å². The molecule has 10 rings (SSSR count). The average molecular weight is 699 g/mol. The van der Waals surface area contributed by atoms with Crippen molar-refractivity contribution in [1.82, 2.24) is 19.5 Å². The minimum atomic E-state index is 0.645. The Balaban J connectivity index is 1.25. The Morgan fingerprint density at radius 2 is 1.13 bits per heavy atom. The number of nitrogens with zero attached hydrogens (tertiary/aromatic N) is 4. The molecule has 252 valence electrons. The minimum absolute atomic E-state index is 0.645. The number of rotatable bonds is 5. The quantitative estimate of drug-likeness (QED) is 0.180. The van der Waals surface area contributed by atoms with Gasteiger partial charge in [-0.25, -0.2) is 15.0 Å². The molecule has 0 amide bonds.